The van der Waals surface area contributed by atoms with Gasteiger partial charge >= 0.3 is 0 Å². The molecule has 1 aliphatic heterocycles. The van der Waals surface area contributed by atoms with Crippen LogP contribution in [0.25, 0.3) is 11.0 Å². The number of piperidine rings is 1. The van der Waals surface area contributed by atoms with Crippen molar-refractivity contribution in [3.05, 3.63) is 47.5 Å². The fourth-order valence-corrected chi connectivity index (χ4v) is 5.09. The van der Waals surface area contributed by atoms with E-state index in [0.717, 1.165) is 55.5 Å². The van der Waals surface area contributed by atoms with E-state index >= 15 is 4.39 Å². The summed E-state index contributed by atoms with van der Waals surface area (Å²) in [6, 6.07) is 7.62. The number of nitrogens with zero attached hydrogens (tertiary/aromatic N) is 3. The van der Waals surface area contributed by atoms with Crippen molar-refractivity contribution in [1.29, 1.82) is 0 Å². The van der Waals surface area contributed by atoms with Gasteiger partial charge in [-0.25, -0.2) is 14.9 Å². The summed E-state index contributed by atoms with van der Waals surface area (Å²) in [5.41, 5.74) is 6.56. The third-order valence-corrected chi connectivity index (χ3v) is 7.50. The van der Waals surface area contributed by atoms with Gasteiger partial charge in [-0.2, -0.15) is 0 Å². The average Bonchev–Trinajstić information content (AvgIpc) is 3.63. The number of unbranched alkanes of at least 4 members (excludes halogenated alkanes) is 1. The number of carbonyl (C=O) groups is 1. The third kappa shape index (κ3) is 6.33. The quantitative estimate of drug-likeness (QED) is 0.236. The molecular weight excluding hydrogens is 468 g/mol. The van der Waals surface area contributed by atoms with Crippen molar-refractivity contribution in [1.82, 2.24) is 19.9 Å². The molecule has 9 heteroatoms. The van der Waals surface area contributed by atoms with Gasteiger partial charge < -0.3 is 14.8 Å². The molecular formula is C28H37BFN5O2. The van der Waals surface area contributed by atoms with Gasteiger partial charge in [-0.15, -0.1) is 0 Å². The summed E-state index contributed by atoms with van der Waals surface area (Å²) in [6.07, 6.45) is 9.89. The largest absolute Gasteiger partial charge is 0.352 e. The first-order chi connectivity index (χ1) is 18.0. The molecule has 1 aromatic heterocycles. The van der Waals surface area contributed by atoms with E-state index in [4.69, 9.17) is 4.84 Å². The zero-order chi connectivity index (χ0) is 25.8. The van der Waals surface area contributed by atoms with Crippen LogP contribution in [0.4, 0.5) is 15.8 Å². The first-order valence-electron chi connectivity index (χ1n) is 13.7. The highest BCUT2D eigenvalue weighted by molar-refractivity contribution is 6.32. The molecule has 0 radical (unpaired) electrons. The maximum atomic E-state index is 15.9. The van der Waals surface area contributed by atoms with Crippen molar-refractivity contribution >= 4 is 41.6 Å². The highest BCUT2D eigenvalue weighted by Gasteiger charge is 2.25. The third-order valence-electron chi connectivity index (χ3n) is 7.50. The minimum atomic E-state index is -0.531. The van der Waals surface area contributed by atoms with E-state index in [9.17, 15) is 4.79 Å². The topological polar surface area (TPSA) is 71.4 Å². The molecule has 0 atom stereocenters. The first kappa shape index (κ1) is 25.7. The molecule has 0 spiro atoms. The number of benzene rings is 2. The number of anilines is 2. The van der Waals surface area contributed by atoms with Gasteiger partial charge in [0.05, 0.1) is 29.7 Å². The van der Waals surface area contributed by atoms with Gasteiger partial charge in [0.1, 0.15) is 13.4 Å². The van der Waals surface area contributed by atoms with Gasteiger partial charge in [-0.05, 0) is 88.7 Å². The Balaban J connectivity index is 1.37. The molecule has 5 rings (SSSR count). The molecule has 1 saturated carbocycles. The molecule has 196 valence electrons. The summed E-state index contributed by atoms with van der Waals surface area (Å²) in [7, 11) is 2.01. The summed E-state index contributed by atoms with van der Waals surface area (Å²) < 4.78 is 17.9. The van der Waals surface area contributed by atoms with E-state index in [-0.39, 0.29) is 16.8 Å². The summed E-state index contributed by atoms with van der Waals surface area (Å²) in [4.78, 5) is 25.6. The Hall–Kier alpha value is -2.91. The lowest BCUT2D eigenvalue weighted by Crippen LogP contribution is -2.30. The van der Waals surface area contributed by atoms with Crippen molar-refractivity contribution in [2.75, 3.05) is 31.6 Å². The number of fused-ring (bicyclic) bond motifs is 1. The zero-order valence-corrected chi connectivity index (χ0v) is 22.0. The Morgan fingerprint density at radius 1 is 1.16 bits per heavy atom. The predicted molar refractivity (Wildman–Crippen MR) is 148 cm³/mol. The van der Waals surface area contributed by atoms with Crippen molar-refractivity contribution in [3.63, 3.8) is 0 Å². The Kier molecular flexibility index (Phi) is 8.10. The molecule has 1 saturated heterocycles. The molecule has 2 aliphatic rings. The van der Waals surface area contributed by atoms with E-state index in [1.54, 1.807) is 12.4 Å². The normalized spacial score (nSPS) is 16.3. The molecule has 2 N–H and O–H groups in total. The summed E-state index contributed by atoms with van der Waals surface area (Å²) in [5.74, 6) is -0.498. The second-order valence-electron chi connectivity index (χ2n) is 10.7. The standard InChI is InChI=1S/C28H37BFN5O2/c1-19-15-21(29)9-10-23(19)32-26-22(28(36)33-37-17-20-7-8-20)16-24-27(25(26)30)31-18-35(24)14-6-5-13-34-11-3-2-4-12-34/h9-10,15-16,18,20,32H,2-8,11-14,17,29H2,1H3,(H,33,36). The maximum Gasteiger partial charge on any atom is 0.277 e. The van der Waals surface area contributed by atoms with Crippen LogP contribution in [0.1, 0.15) is 60.9 Å². The lowest BCUT2D eigenvalue weighted by molar-refractivity contribution is 0.0271. The van der Waals surface area contributed by atoms with Crippen molar-refractivity contribution < 1.29 is 14.0 Å². The SMILES string of the molecule is Bc1ccc(Nc2c(C(=O)NOCC3CC3)cc3c(ncn3CCCCN3CCCCC3)c2F)c(C)c1. The monoisotopic (exact) mass is 505 g/mol. The summed E-state index contributed by atoms with van der Waals surface area (Å²) in [6.45, 7) is 6.64. The molecule has 1 aliphatic carbocycles. The summed E-state index contributed by atoms with van der Waals surface area (Å²) in [5, 5.41) is 3.17. The lowest BCUT2D eigenvalue weighted by atomic mass is 9.94. The number of aryl methyl sites for hydroxylation is 2. The molecule has 0 unspecified atom stereocenters. The lowest BCUT2D eigenvalue weighted by Gasteiger charge is -2.26. The van der Waals surface area contributed by atoms with E-state index < -0.39 is 11.7 Å². The van der Waals surface area contributed by atoms with E-state index in [2.05, 4.69) is 20.7 Å². The highest BCUT2D eigenvalue weighted by atomic mass is 19.1. The zero-order valence-electron chi connectivity index (χ0n) is 22.0. The summed E-state index contributed by atoms with van der Waals surface area (Å²) >= 11 is 0. The number of aromatic nitrogens is 2. The molecule has 0 bridgehead atoms. The van der Waals surface area contributed by atoms with Crippen LogP contribution in [0.15, 0.2) is 30.6 Å². The molecule has 2 fully saturated rings. The van der Waals surface area contributed by atoms with Crippen LogP contribution in [0.3, 0.4) is 0 Å². The van der Waals surface area contributed by atoms with Crippen LogP contribution in [-0.2, 0) is 11.4 Å². The number of nitrogens with one attached hydrogen (secondary N) is 2. The van der Waals surface area contributed by atoms with Crippen LogP contribution >= 0.6 is 0 Å². The average molecular weight is 505 g/mol. The fraction of sp³-hybridized carbons (Fsp3) is 0.500. The molecule has 2 aromatic carbocycles. The number of halogens is 1. The van der Waals surface area contributed by atoms with Gasteiger partial charge in [0.25, 0.3) is 5.91 Å². The number of carbonyl (C=O) groups excluding carboxylic acids is 1. The number of rotatable bonds is 11. The Morgan fingerprint density at radius 3 is 2.70 bits per heavy atom. The number of imidazole rings is 1. The molecule has 1 amide bonds. The van der Waals surface area contributed by atoms with Gasteiger partial charge in [-0.1, -0.05) is 24.0 Å². The molecule has 7 nitrogen and oxygen atoms in total. The van der Waals surface area contributed by atoms with Gasteiger partial charge in [0.2, 0.25) is 0 Å². The van der Waals surface area contributed by atoms with Crippen LogP contribution in [-0.4, -0.2) is 54.4 Å². The van der Waals surface area contributed by atoms with Crippen molar-refractivity contribution in [2.45, 2.75) is 58.4 Å². The minimum absolute atomic E-state index is 0.113. The molecule has 37 heavy (non-hydrogen) atoms. The fourth-order valence-electron chi connectivity index (χ4n) is 5.09. The number of amides is 1. The van der Waals surface area contributed by atoms with Crippen LogP contribution < -0.4 is 16.3 Å². The van der Waals surface area contributed by atoms with E-state index in [1.165, 1.54) is 32.4 Å². The van der Waals surface area contributed by atoms with Crippen LogP contribution in [0.5, 0.6) is 0 Å². The van der Waals surface area contributed by atoms with Crippen LogP contribution in [0.2, 0.25) is 0 Å². The Labute approximate surface area is 219 Å². The smallest absolute Gasteiger partial charge is 0.277 e. The van der Waals surface area contributed by atoms with Crippen LogP contribution in [0, 0.1) is 18.7 Å². The maximum absolute atomic E-state index is 15.9. The second-order valence-corrected chi connectivity index (χ2v) is 10.7. The second kappa shape index (κ2) is 11.6. The van der Waals surface area contributed by atoms with Gasteiger partial charge in [0, 0.05) is 12.2 Å². The number of hydrogen-bond acceptors (Lipinski definition) is 5. The molecule has 2 heterocycles. The predicted octanol–water partition coefficient (Wildman–Crippen LogP) is 3.82. The van der Waals surface area contributed by atoms with Gasteiger partial charge in [-0.3, -0.25) is 9.63 Å². The Bertz CT molecular complexity index is 1250. The number of hydroxylamine groups is 1. The highest BCUT2D eigenvalue weighted by Crippen LogP contribution is 2.32. The van der Waals surface area contributed by atoms with Gasteiger partial charge in [0.15, 0.2) is 5.82 Å². The minimum Gasteiger partial charge on any atom is -0.352 e. The molecule has 3 aromatic rings. The number of hydrogen-bond donors (Lipinski definition) is 2. The van der Waals surface area contributed by atoms with E-state index in [0.29, 0.717) is 18.0 Å². The van der Waals surface area contributed by atoms with Crippen molar-refractivity contribution in [2.24, 2.45) is 5.92 Å². The van der Waals surface area contributed by atoms with Crippen molar-refractivity contribution in [3.8, 4) is 0 Å². The Morgan fingerprint density at radius 2 is 1.95 bits per heavy atom. The number of likely N-dealkylation sites (tertiary alicyclic amines) is 1. The van der Waals surface area contributed by atoms with E-state index in [1.807, 2.05) is 37.5 Å². The first-order valence-corrected chi connectivity index (χ1v) is 13.7.